The molecular formula is C20H27N3O4. The monoisotopic (exact) mass is 373 g/mol. The Labute approximate surface area is 159 Å². The second kappa shape index (κ2) is 8.41. The molecule has 3 rings (SSSR count). The van der Waals surface area contributed by atoms with Crippen molar-refractivity contribution in [2.24, 2.45) is 5.92 Å². The maximum absolute atomic E-state index is 12.5. The quantitative estimate of drug-likeness (QED) is 0.671. The van der Waals surface area contributed by atoms with E-state index in [4.69, 9.17) is 14.0 Å². The third-order valence-electron chi connectivity index (χ3n) is 5.01. The predicted octanol–water partition coefficient (Wildman–Crippen LogP) is 3.33. The SMILES string of the molecule is CC[C@H](C)N(CCc1nc(-c2ccc(OC)c(OC)c2)no1)C(=O)C1CC1. The van der Waals surface area contributed by atoms with Crippen LogP contribution >= 0.6 is 0 Å². The summed E-state index contributed by atoms with van der Waals surface area (Å²) in [6, 6.07) is 5.70. The number of nitrogens with zero attached hydrogens (tertiary/aromatic N) is 3. The smallest absolute Gasteiger partial charge is 0.228 e. The zero-order valence-electron chi connectivity index (χ0n) is 16.4. The summed E-state index contributed by atoms with van der Waals surface area (Å²) in [6.07, 6.45) is 3.49. The fourth-order valence-electron chi connectivity index (χ4n) is 3.00. The standard InChI is InChI=1S/C20H27N3O4/c1-5-13(2)23(20(24)14-6-7-14)11-10-18-21-19(22-27-18)15-8-9-16(25-3)17(12-15)26-4/h8-9,12-14H,5-7,10-11H2,1-4H3/t13-/m0/s1. The molecule has 1 aromatic heterocycles. The summed E-state index contributed by atoms with van der Waals surface area (Å²) in [5.41, 5.74) is 0.787. The Morgan fingerprint density at radius 1 is 1.30 bits per heavy atom. The van der Waals surface area contributed by atoms with E-state index >= 15 is 0 Å². The molecule has 0 bridgehead atoms. The number of benzene rings is 1. The highest BCUT2D eigenvalue weighted by atomic mass is 16.5. The normalized spacial score (nSPS) is 14.7. The third-order valence-corrected chi connectivity index (χ3v) is 5.01. The number of aromatic nitrogens is 2. The molecular weight excluding hydrogens is 346 g/mol. The molecule has 0 spiro atoms. The maximum atomic E-state index is 12.5. The van der Waals surface area contributed by atoms with E-state index in [-0.39, 0.29) is 17.9 Å². The number of carbonyl (C=O) groups excluding carboxylic acids is 1. The van der Waals surface area contributed by atoms with Crippen molar-refractivity contribution in [3.8, 4) is 22.9 Å². The average molecular weight is 373 g/mol. The lowest BCUT2D eigenvalue weighted by molar-refractivity contribution is -0.134. The van der Waals surface area contributed by atoms with Crippen LogP contribution in [0.15, 0.2) is 22.7 Å². The van der Waals surface area contributed by atoms with Crippen LogP contribution in [-0.4, -0.2) is 47.8 Å². The second-order valence-corrected chi connectivity index (χ2v) is 6.89. The molecule has 7 heteroatoms. The van der Waals surface area contributed by atoms with Gasteiger partial charge in [-0.25, -0.2) is 0 Å². The minimum Gasteiger partial charge on any atom is -0.493 e. The molecule has 1 atom stereocenters. The first-order chi connectivity index (χ1) is 13.1. The molecule has 1 aliphatic rings. The molecule has 1 aliphatic carbocycles. The summed E-state index contributed by atoms with van der Waals surface area (Å²) in [7, 11) is 3.18. The Balaban J connectivity index is 1.69. The van der Waals surface area contributed by atoms with Crippen molar-refractivity contribution in [2.45, 2.75) is 45.6 Å². The van der Waals surface area contributed by atoms with Gasteiger partial charge < -0.3 is 18.9 Å². The minimum absolute atomic E-state index is 0.212. The van der Waals surface area contributed by atoms with Crippen molar-refractivity contribution in [1.82, 2.24) is 15.0 Å². The van der Waals surface area contributed by atoms with Gasteiger partial charge in [-0.3, -0.25) is 4.79 Å². The Morgan fingerprint density at radius 3 is 2.67 bits per heavy atom. The van der Waals surface area contributed by atoms with Gasteiger partial charge in [0.15, 0.2) is 11.5 Å². The van der Waals surface area contributed by atoms with Crippen LogP contribution in [0.1, 0.15) is 39.0 Å². The van der Waals surface area contributed by atoms with Crippen LogP contribution in [0, 0.1) is 5.92 Å². The molecule has 27 heavy (non-hydrogen) atoms. The first-order valence-electron chi connectivity index (χ1n) is 9.42. The summed E-state index contributed by atoms with van der Waals surface area (Å²) in [4.78, 5) is 19.0. The molecule has 7 nitrogen and oxygen atoms in total. The van der Waals surface area contributed by atoms with Gasteiger partial charge in [0, 0.05) is 30.5 Å². The summed E-state index contributed by atoms with van der Waals surface area (Å²) in [5, 5.41) is 4.07. The summed E-state index contributed by atoms with van der Waals surface area (Å²) in [5.74, 6) is 2.74. The molecule has 0 saturated heterocycles. The van der Waals surface area contributed by atoms with Crippen LogP contribution in [0.5, 0.6) is 11.5 Å². The van der Waals surface area contributed by atoms with Gasteiger partial charge >= 0.3 is 0 Å². The van der Waals surface area contributed by atoms with Gasteiger partial charge in [0.2, 0.25) is 17.6 Å². The lowest BCUT2D eigenvalue weighted by Crippen LogP contribution is -2.40. The van der Waals surface area contributed by atoms with Gasteiger partial charge in [-0.2, -0.15) is 4.98 Å². The van der Waals surface area contributed by atoms with E-state index in [1.807, 2.05) is 23.1 Å². The predicted molar refractivity (Wildman–Crippen MR) is 101 cm³/mol. The molecule has 0 N–H and O–H groups in total. The van der Waals surface area contributed by atoms with Crippen molar-refractivity contribution in [1.29, 1.82) is 0 Å². The van der Waals surface area contributed by atoms with E-state index in [1.165, 1.54) is 0 Å². The minimum atomic E-state index is 0.212. The average Bonchev–Trinajstić information content (AvgIpc) is 3.45. The fraction of sp³-hybridized carbons (Fsp3) is 0.550. The highest BCUT2D eigenvalue weighted by molar-refractivity contribution is 5.81. The first-order valence-corrected chi connectivity index (χ1v) is 9.42. The highest BCUT2D eigenvalue weighted by Crippen LogP contribution is 2.32. The summed E-state index contributed by atoms with van der Waals surface area (Å²) < 4.78 is 16.0. The van der Waals surface area contributed by atoms with Crippen LogP contribution in [0.3, 0.4) is 0 Å². The molecule has 2 aromatic rings. The molecule has 0 unspecified atom stereocenters. The van der Waals surface area contributed by atoms with Crippen molar-refractivity contribution in [3.05, 3.63) is 24.1 Å². The summed E-state index contributed by atoms with van der Waals surface area (Å²) >= 11 is 0. The topological polar surface area (TPSA) is 77.7 Å². The molecule has 1 amide bonds. The van der Waals surface area contributed by atoms with Gasteiger partial charge in [-0.15, -0.1) is 0 Å². The summed E-state index contributed by atoms with van der Waals surface area (Å²) in [6.45, 7) is 4.78. The zero-order chi connectivity index (χ0) is 19.4. The van der Waals surface area contributed by atoms with Crippen LogP contribution in [0.25, 0.3) is 11.4 Å². The Kier molecular flexibility index (Phi) is 5.98. The number of carbonyl (C=O) groups is 1. The van der Waals surface area contributed by atoms with E-state index in [2.05, 4.69) is 24.0 Å². The number of amides is 1. The van der Waals surface area contributed by atoms with E-state index in [9.17, 15) is 4.79 Å². The Bertz CT molecular complexity index is 785. The van der Waals surface area contributed by atoms with Crippen molar-refractivity contribution in [3.63, 3.8) is 0 Å². The fourth-order valence-corrected chi connectivity index (χ4v) is 3.00. The number of hydrogen-bond donors (Lipinski definition) is 0. The van der Waals surface area contributed by atoms with Crippen molar-refractivity contribution >= 4 is 5.91 Å². The van der Waals surface area contributed by atoms with E-state index in [0.29, 0.717) is 36.2 Å². The second-order valence-electron chi connectivity index (χ2n) is 6.89. The van der Waals surface area contributed by atoms with Gasteiger partial charge in [-0.1, -0.05) is 12.1 Å². The van der Waals surface area contributed by atoms with E-state index in [0.717, 1.165) is 24.8 Å². The number of hydrogen-bond acceptors (Lipinski definition) is 6. The lowest BCUT2D eigenvalue weighted by Gasteiger charge is -2.28. The van der Waals surface area contributed by atoms with Gasteiger partial charge in [0.25, 0.3) is 0 Å². The molecule has 146 valence electrons. The third kappa shape index (κ3) is 4.40. The highest BCUT2D eigenvalue weighted by Gasteiger charge is 2.34. The van der Waals surface area contributed by atoms with Gasteiger partial charge in [-0.05, 0) is 44.4 Å². The molecule has 1 fully saturated rings. The van der Waals surface area contributed by atoms with E-state index in [1.54, 1.807) is 14.2 Å². The zero-order valence-corrected chi connectivity index (χ0v) is 16.4. The molecule has 1 aromatic carbocycles. The Morgan fingerprint density at radius 2 is 2.04 bits per heavy atom. The number of ether oxygens (including phenoxy) is 2. The van der Waals surface area contributed by atoms with Crippen LogP contribution in [0.4, 0.5) is 0 Å². The molecule has 1 saturated carbocycles. The van der Waals surface area contributed by atoms with Crippen LogP contribution in [-0.2, 0) is 11.2 Å². The van der Waals surface area contributed by atoms with E-state index < -0.39 is 0 Å². The number of rotatable bonds is 9. The van der Waals surface area contributed by atoms with Gasteiger partial charge in [0.05, 0.1) is 14.2 Å². The molecule has 0 radical (unpaired) electrons. The largest absolute Gasteiger partial charge is 0.493 e. The molecule has 1 heterocycles. The van der Waals surface area contributed by atoms with Crippen molar-refractivity contribution < 1.29 is 18.8 Å². The Hall–Kier alpha value is -2.57. The first kappa shape index (κ1) is 19.2. The lowest BCUT2D eigenvalue weighted by atomic mass is 10.2. The number of methoxy groups -OCH3 is 2. The maximum Gasteiger partial charge on any atom is 0.228 e. The van der Waals surface area contributed by atoms with Crippen molar-refractivity contribution in [2.75, 3.05) is 20.8 Å². The van der Waals surface area contributed by atoms with Crippen LogP contribution < -0.4 is 9.47 Å². The van der Waals surface area contributed by atoms with Gasteiger partial charge in [0.1, 0.15) is 0 Å². The molecule has 0 aliphatic heterocycles. The van der Waals surface area contributed by atoms with Crippen LogP contribution in [0.2, 0.25) is 0 Å².